The van der Waals surface area contributed by atoms with E-state index in [0.29, 0.717) is 17.1 Å². The number of methoxy groups -OCH3 is 2. The second-order valence-electron chi connectivity index (χ2n) is 4.45. The van der Waals surface area contributed by atoms with Crippen molar-refractivity contribution in [3.63, 3.8) is 0 Å². The zero-order valence-corrected chi connectivity index (χ0v) is 12.4. The lowest BCUT2D eigenvalue weighted by molar-refractivity contribution is -0.142. The minimum absolute atomic E-state index is 0.506. The summed E-state index contributed by atoms with van der Waals surface area (Å²) in [7, 11) is 2.86. The van der Waals surface area contributed by atoms with Crippen LogP contribution in [0.4, 0.5) is 5.69 Å². The largest absolute Gasteiger partial charge is 0.481 e. The number of rotatable bonds is 5. The van der Waals surface area contributed by atoms with Crippen LogP contribution in [0.1, 0.15) is 17.2 Å². The molecule has 0 fully saturated rings. The molecule has 0 spiro atoms. The monoisotopic (exact) mass is 299 g/mol. The fraction of sp³-hybridized carbons (Fsp3) is 0.188. The Labute approximate surface area is 128 Å². The number of aromatic nitrogens is 1. The normalized spacial score (nSPS) is 12.1. The van der Waals surface area contributed by atoms with Gasteiger partial charge in [0.1, 0.15) is 6.04 Å². The molecule has 6 heteroatoms. The number of esters is 1. The van der Waals surface area contributed by atoms with Crippen LogP contribution in [0, 0.1) is 0 Å². The molecule has 0 bridgehead atoms. The van der Waals surface area contributed by atoms with Crippen LogP contribution >= 0.6 is 0 Å². The van der Waals surface area contributed by atoms with Gasteiger partial charge in [-0.2, -0.15) is 0 Å². The van der Waals surface area contributed by atoms with Gasteiger partial charge in [0.15, 0.2) is 0 Å². The van der Waals surface area contributed by atoms with Gasteiger partial charge in [-0.3, -0.25) is 9.79 Å². The minimum Gasteiger partial charge on any atom is -0.481 e. The quantitative estimate of drug-likeness (QED) is 0.674. The van der Waals surface area contributed by atoms with Crippen LogP contribution < -0.4 is 10.5 Å². The summed E-state index contributed by atoms with van der Waals surface area (Å²) in [5.41, 5.74) is 7.90. The molecule has 0 saturated carbocycles. The molecule has 0 aliphatic carbocycles. The fourth-order valence-corrected chi connectivity index (χ4v) is 1.85. The molecule has 6 nitrogen and oxygen atoms in total. The van der Waals surface area contributed by atoms with Crippen molar-refractivity contribution in [3.05, 3.63) is 53.7 Å². The molecule has 0 radical (unpaired) electrons. The van der Waals surface area contributed by atoms with E-state index in [9.17, 15) is 4.79 Å². The van der Waals surface area contributed by atoms with Crippen molar-refractivity contribution in [2.24, 2.45) is 10.7 Å². The average Bonchev–Trinajstić information content (AvgIpc) is 2.59. The van der Waals surface area contributed by atoms with E-state index in [0.717, 1.165) is 5.56 Å². The first-order valence-electron chi connectivity index (χ1n) is 6.62. The number of pyridine rings is 1. The third kappa shape index (κ3) is 3.67. The van der Waals surface area contributed by atoms with E-state index in [1.54, 1.807) is 43.8 Å². The second kappa shape index (κ2) is 7.33. The number of aliphatic imine (C=N–C) groups is 1. The SMILES string of the molecule is COC(=O)C(N)c1ccccc1N=Cc1ccc(OC)nc1. The number of carbonyl (C=O) groups excluding carboxylic acids is 1. The molecule has 1 aromatic carbocycles. The van der Waals surface area contributed by atoms with Crippen molar-refractivity contribution in [2.75, 3.05) is 14.2 Å². The summed E-state index contributed by atoms with van der Waals surface area (Å²) in [5.74, 6) is 0.0269. The van der Waals surface area contributed by atoms with Crippen molar-refractivity contribution in [1.29, 1.82) is 0 Å². The Morgan fingerprint density at radius 3 is 2.68 bits per heavy atom. The van der Waals surface area contributed by atoms with Crippen LogP contribution in [0.15, 0.2) is 47.6 Å². The molecule has 1 aromatic heterocycles. The smallest absolute Gasteiger partial charge is 0.327 e. The number of benzene rings is 1. The summed E-state index contributed by atoms with van der Waals surface area (Å²) >= 11 is 0. The molecule has 2 N–H and O–H groups in total. The van der Waals surface area contributed by atoms with Crippen molar-refractivity contribution in [2.45, 2.75) is 6.04 Å². The number of hydrogen-bond donors (Lipinski definition) is 1. The molecule has 0 saturated heterocycles. The van der Waals surface area contributed by atoms with Gasteiger partial charge in [-0.15, -0.1) is 0 Å². The topological polar surface area (TPSA) is 86.8 Å². The van der Waals surface area contributed by atoms with Gasteiger partial charge in [0.05, 0.1) is 19.9 Å². The minimum atomic E-state index is -0.868. The fourth-order valence-electron chi connectivity index (χ4n) is 1.85. The van der Waals surface area contributed by atoms with Gasteiger partial charge in [0.2, 0.25) is 5.88 Å². The van der Waals surface area contributed by atoms with Gasteiger partial charge in [0.25, 0.3) is 0 Å². The van der Waals surface area contributed by atoms with E-state index in [1.807, 2.05) is 12.1 Å². The molecule has 1 heterocycles. The summed E-state index contributed by atoms with van der Waals surface area (Å²) in [6, 6.07) is 9.86. The van der Waals surface area contributed by atoms with Crippen LogP contribution in [0.2, 0.25) is 0 Å². The number of nitrogens with zero attached hydrogens (tertiary/aromatic N) is 2. The lowest BCUT2D eigenvalue weighted by Crippen LogP contribution is -2.22. The number of carbonyl (C=O) groups is 1. The molecule has 114 valence electrons. The highest BCUT2D eigenvalue weighted by atomic mass is 16.5. The first-order valence-corrected chi connectivity index (χ1v) is 6.62. The Morgan fingerprint density at radius 2 is 2.05 bits per heavy atom. The molecule has 2 aromatic rings. The maximum atomic E-state index is 11.6. The van der Waals surface area contributed by atoms with Crippen molar-refractivity contribution < 1.29 is 14.3 Å². The Balaban J connectivity index is 2.25. The van der Waals surface area contributed by atoms with E-state index in [-0.39, 0.29) is 0 Å². The molecule has 0 aliphatic rings. The average molecular weight is 299 g/mol. The molecule has 1 unspecified atom stereocenters. The number of para-hydroxylation sites is 1. The number of hydrogen-bond acceptors (Lipinski definition) is 6. The summed E-state index contributed by atoms with van der Waals surface area (Å²) in [4.78, 5) is 20.1. The van der Waals surface area contributed by atoms with Gasteiger partial charge in [0, 0.05) is 29.6 Å². The third-order valence-corrected chi connectivity index (χ3v) is 3.05. The lowest BCUT2D eigenvalue weighted by atomic mass is 10.1. The number of ether oxygens (including phenoxy) is 2. The van der Waals surface area contributed by atoms with Crippen molar-refractivity contribution in [3.8, 4) is 5.88 Å². The van der Waals surface area contributed by atoms with E-state index >= 15 is 0 Å². The Kier molecular flexibility index (Phi) is 5.21. The Hall–Kier alpha value is -2.73. The summed E-state index contributed by atoms with van der Waals surface area (Å²) in [6.07, 6.45) is 3.29. The highest BCUT2D eigenvalue weighted by Gasteiger charge is 2.18. The van der Waals surface area contributed by atoms with Crippen LogP contribution in [0.3, 0.4) is 0 Å². The van der Waals surface area contributed by atoms with Crippen LogP contribution in [0.5, 0.6) is 5.88 Å². The first-order chi connectivity index (χ1) is 10.7. The van der Waals surface area contributed by atoms with Crippen molar-refractivity contribution >= 4 is 17.9 Å². The maximum absolute atomic E-state index is 11.6. The van der Waals surface area contributed by atoms with Crippen LogP contribution in [0.25, 0.3) is 0 Å². The predicted molar refractivity (Wildman–Crippen MR) is 83.4 cm³/mol. The maximum Gasteiger partial charge on any atom is 0.327 e. The molecule has 0 amide bonds. The van der Waals surface area contributed by atoms with Gasteiger partial charge < -0.3 is 15.2 Å². The first kappa shape index (κ1) is 15.7. The molecule has 22 heavy (non-hydrogen) atoms. The highest BCUT2D eigenvalue weighted by molar-refractivity contribution is 5.84. The van der Waals surface area contributed by atoms with E-state index in [4.69, 9.17) is 10.5 Å². The predicted octanol–water partition coefficient (Wildman–Crippen LogP) is 2.01. The van der Waals surface area contributed by atoms with E-state index in [2.05, 4.69) is 14.7 Å². The van der Waals surface area contributed by atoms with E-state index < -0.39 is 12.0 Å². The second-order valence-corrected chi connectivity index (χ2v) is 4.45. The van der Waals surface area contributed by atoms with Gasteiger partial charge in [-0.1, -0.05) is 18.2 Å². The zero-order valence-electron chi connectivity index (χ0n) is 12.4. The molecular formula is C16H17N3O3. The standard InChI is InChI=1S/C16H17N3O3/c1-21-14-8-7-11(10-19-14)9-18-13-6-4-3-5-12(13)15(17)16(20)22-2/h3-10,15H,17H2,1-2H3. The molecule has 0 aliphatic heterocycles. The molecule has 1 atom stereocenters. The third-order valence-electron chi connectivity index (χ3n) is 3.05. The van der Waals surface area contributed by atoms with Crippen LogP contribution in [-0.2, 0) is 9.53 Å². The van der Waals surface area contributed by atoms with Gasteiger partial charge in [-0.05, 0) is 12.1 Å². The van der Waals surface area contributed by atoms with Gasteiger partial charge >= 0.3 is 5.97 Å². The molecular weight excluding hydrogens is 282 g/mol. The van der Waals surface area contributed by atoms with Crippen molar-refractivity contribution in [1.82, 2.24) is 4.98 Å². The highest BCUT2D eigenvalue weighted by Crippen LogP contribution is 2.24. The lowest BCUT2D eigenvalue weighted by Gasteiger charge is -2.11. The Bertz CT molecular complexity index is 669. The summed E-state index contributed by atoms with van der Waals surface area (Å²) in [6.45, 7) is 0. The Morgan fingerprint density at radius 1 is 1.27 bits per heavy atom. The summed E-state index contributed by atoms with van der Waals surface area (Å²) in [5, 5.41) is 0. The van der Waals surface area contributed by atoms with Gasteiger partial charge in [-0.25, -0.2) is 4.98 Å². The molecule has 2 rings (SSSR count). The summed E-state index contributed by atoms with van der Waals surface area (Å²) < 4.78 is 9.67. The number of nitrogens with two attached hydrogens (primary N) is 1. The van der Waals surface area contributed by atoms with E-state index in [1.165, 1.54) is 7.11 Å². The zero-order chi connectivity index (χ0) is 15.9. The van der Waals surface area contributed by atoms with Crippen LogP contribution in [-0.4, -0.2) is 31.4 Å².